The fourth-order valence-electron chi connectivity index (χ4n) is 2.08. The summed E-state index contributed by atoms with van der Waals surface area (Å²) in [4.78, 5) is 0. The van der Waals surface area contributed by atoms with E-state index in [9.17, 15) is 26.3 Å². The van der Waals surface area contributed by atoms with Crippen LogP contribution in [0.15, 0.2) is 48.1 Å². The van der Waals surface area contributed by atoms with Crippen LogP contribution in [0.4, 0.5) is 26.3 Å². The summed E-state index contributed by atoms with van der Waals surface area (Å²) in [6.07, 6.45) is -5.16. The van der Waals surface area contributed by atoms with Crippen LogP contribution in [0.3, 0.4) is 0 Å². The summed E-state index contributed by atoms with van der Waals surface area (Å²) in [5, 5.41) is 0. The molecule has 1 aromatic rings. The molecule has 126 valence electrons. The molecule has 7 heteroatoms. The van der Waals surface area contributed by atoms with E-state index in [1.165, 1.54) is 18.2 Å². The van der Waals surface area contributed by atoms with Crippen LogP contribution in [0, 0.1) is 5.41 Å². The first-order valence-electron chi connectivity index (χ1n) is 6.76. The van der Waals surface area contributed by atoms with Gasteiger partial charge in [0, 0.05) is 5.41 Å². The molecule has 0 bridgehead atoms. The van der Waals surface area contributed by atoms with Gasteiger partial charge in [-0.25, -0.2) is 0 Å². The Bertz CT molecular complexity index is 609. The van der Waals surface area contributed by atoms with E-state index in [0.717, 1.165) is 24.3 Å². The summed E-state index contributed by atoms with van der Waals surface area (Å²) in [5.74, 6) is 0.234. The van der Waals surface area contributed by atoms with E-state index in [2.05, 4.69) is 0 Å². The number of halogens is 6. The number of allylic oxidation sites excluding steroid dienone is 3. The maximum Gasteiger partial charge on any atom is 0.416 e. The van der Waals surface area contributed by atoms with Crippen molar-refractivity contribution in [1.82, 2.24) is 0 Å². The molecule has 0 saturated heterocycles. The minimum Gasteiger partial charge on any atom is -0.493 e. The van der Waals surface area contributed by atoms with E-state index in [0.29, 0.717) is 0 Å². The van der Waals surface area contributed by atoms with Crippen LogP contribution in [-0.4, -0.2) is 12.8 Å². The van der Waals surface area contributed by atoms with Crippen LogP contribution in [0.25, 0.3) is 0 Å². The summed E-state index contributed by atoms with van der Waals surface area (Å²) in [5.41, 5.74) is -2.13. The molecule has 1 nitrogen and oxygen atoms in total. The predicted octanol–water partition coefficient (Wildman–Crippen LogP) is 5.54. The lowest BCUT2D eigenvalue weighted by Gasteiger charge is -2.28. The molecule has 0 saturated carbocycles. The van der Waals surface area contributed by atoms with Gasteiger partial charge in [-0.1, -0.05) is 25.2 Å². The van der Waals surface area contributed by atoms with Gasteiger partial charge in [-0.15, -0.1) is 0 Å². The molecule has 23 heavy (non-hydrogen) atoms. The molecule has 0 aromatic heterocycles. The molecule has 1 aliphatic rings. The van der Waals surface area contributed by atoms with Gasteiger partial charge in [0.05, 0.1) is 17.7 Å². The van der Waals surface area contributed by atoms with Crippen molar-refractivity contribution in [2.24, 2.45) is 5.41 Å². The van der Waals surface area contributed by atoms with Crippen LogP contribution >= 0.6 is 0 Å². The Kier molecular flexibility index (Phi) is 4.50. The van der Waals surface area contributed by atoms with Crippen molar-refractivity contribution in [3.8, 4) is 5.75 Å². The van der Waals surface area contributed by atoms with Gasteiger partial charge < -0.3 is 4.74 Å². The highest BCUT2D eigenvalue weighted by Crippen LogP contribution is 2.36. The van der Waals surface area contributed by atoms with Crippen LogP contribution in [0.5, 0.6) is 5.75 Å². The summed E-state index contributed by atoms with van der Waals surface area (Å²) < 4.78 is 80.3. The molecule has 0 spiro atoms. The van der Waals surface area contributed by atoms with Crippen LogP contribution < -0.4 is 4.74 Å². The number of hydrogen-bond acceptors (Lipinski definition) is 1. The molecular weight excluding hydrogens is 322 g/mol. The first-order chi connectivity index (χ1) is 10.5. The van der Waals surface area contributed by atoms with E-state index in [1.54, 1.807) is 6.92 Å². The highest BCUT2D eigenvalue weighted by atomic mass is 19.4. The molecule has 1 unspecified atom stereocenters. The number of benzene rings is 1. The van der Waals surface area contributed by atoms with Gasteiger partial charge in [0.2, 0.25) is 0 Å². The summed E-state index contributed by atoms with van der Waals surface area (Å²) >= 11 is 0. The number of hydrogen-bond donors (Lipinski definition) is 0. The molecular formula is C16H14F6O. The Morgan fingerprint density at radius 1 is 1.00 bits per heavy atom. The summed E-state index contributed by atoms with van der Waals surface area (Å²) in [6.45, 7) is 1.79. The highest BCUT2D eigenvalue weighted by Gasteiger charge is 2.35. The Morgan fingerprint density at radius 2 is 1.61 bits per heavy atom. The average Bonchev–Trinajstić information content (AvgIpc) is 2.44. The molecule has 0 N–H and O–H groups in total. The third kappa shape index (κ3) is 4.53. The lowest BCUT2D eigenvalue weighted by molar-refractivity contribution is -0.137. The van der Waals surface area contributed by atoms with Crippen LogP contribution in [0.1, 0.15) is 18.9 Å². The van der Waals surface area contributed by atoms with E-state index in [1.807, 2.05) is 0 Å². The fourth-order valence-corrected chi connectivity index (χ4v) is 2.08. The molecule has 2 rings (SSSR count). The first-order valence-corrected chi connectivity index (χ1v) is 6.76. The van der Waals surface area contributed by atoms with Gasteiger partial charge in [0.15, 0.2) is 0 Å². The van der Waals surface area contributed by atoms with Crippen LogP contribution in [0.2, 0.25) is 0 Å². The smallest absolute Gasteiger partial charge is 0.416 e. The Balaban J connectivity index is 1.97. The lowest BCUT2D eigenvalue weighted by Crippen LogP contribution is -2.25. The van der Waals surface area contributed by atoms with Crippen molar-refractivity contribution in [3.05, 3.63) is 53.6 Å². The number of rotatable bonds is 3. The molecule has 1 atom stereocenters. The maximum atomic E-state index is 12.5. The van der Waals surface area contributed by atoms with Crippen molar-refractivity contribution in [3.63, 3.8) is 0 Å². The van der Waals surface area contributed by atoms with E-state index in [4.69, 9.17) is 4.74 Å². The zero-order valence-electron chi connectivity index (χ0n) is 12.1. The number of ether oxygens (including phenoxy) is 1. The third-order valence-electron chi connectivity index (χ3n) is 3.53. The first kappa shape index (κ1) is 17.4. The molecule has 1 aliphatic carbocycles. The zero-order chi connectivity index (χ0) is 17.3. The fraction of sp³-hybridized carbons (Fsp3) is 0.375. The van der Waals surface area contributed by atoms with Crippen LogP contribution in [-0.2, 0) is 6.18 Å². The standard InChI is InChI=1S/C16H14F6O/c1-14(8-6-12(7-9-14)16(20,21)22)10-23-13-4-2-11(3-5-13)15(17,18)19/h2-8H,9-10H2,1H3. The van der Waals surface area contributed by atoms with Gasteiger partial charge in [0.25, 0.3) is 0 Å². The highest BCUT2D eigenvalue weighted by molar-refractivity contribution is 5.31. The van der Waals surface area contributed by atoms with Crippen molar-refractivity contribution in [1.29, 1.82) is 0 Å². The topological polar surface area (TPSA) is 9.23 Å². The van der Waals surface area contributed by atoms with Crippen molar-refractivity contribution >= 4 is 0 Å². The van der Waals surface area contributed by atoms with Gasteiger partial charge in [0.1, 0.15) is 5.75 Å². The number of alkyl halides is 6. The lowest BCUT2D eigenvalue weighted by atomic mass is 9.82. The van der Waals surface area contributed by atoms with Gasteiger partial charge in [-0.2, -0.15) is 26.3 Å². The van der Waals surface area contributed by atoms with E-state index >= 15 is 0 Å². The quantitative estimate of drug-likeness (QED) is 0.659. The monoisotopic (exact) mass is 336 g/mol. The molecule has 0 heterocycles. The van der Waals surface area contributed by atoms with Gasteiger partial charge in [-0.05, 0) is 30.7 Å². The second-order valence-corrected chi connectivity index (χ2v) is 5.66. The zero-order valence-corrected chi connectivity index (χ0v) is 12.1. The van der Waals surface area contributed by atoms with Gasteiger partial charge >= 0.3 is 12.4 Å². The molecule has 0 aliphatic heterocycles. The summed E-state index contributed by atoms with van der Waals surface area (Å²) in [6, 6.07) is 4.18. The Morgan fingerprint density at radius 3 is 2.04 bits per heavy atom. The van der Waals surface area contributed by atoms with Crippen molar-refractivity contribution in [2.45, 2.75) is 25.7 Å². The minimum absolute atomic E-state index is 0.0660. The normalized spacial score (nSPS) is 22.0. The molecule has 0 amide bonds. The van der Waals surface area contributed by atoms with Crippen molar-refractivity contribution in [2.75, 3.05) is 6.61 Å². The average molecular weight is 336 g/mol. The Labute approximate surface area is 129 Å². The maximum absolute atomic E-state index is 12.5. The molecule has 0 radical (unpaired) electrons. The second kappa shape index (κ2) is 5.94. The SMILES string of the molecule is CC1(COc2ccc(C(F)(F)F)cc2)C=CC(C(F)(F)F)=CC1. The second-order valence-electron chi connectivity index (χ2n) is 5.66. The predicted molar refractivity (Wildman–Crippen MR) is 72.9 cm³/mol. The minimum atomic E-state index is -4.42. The summed E-state index contributed by atoms with van der Waals surface area (Å²) in [7, 11) is 0. The van der Waals surface area contributed by atoms with Crippen molar-refractivity contribution < 1.29 is 31.1 Å². The van der Waals surface area contributed by atoms with E-state index in [-0.39, 0.29) is 18.8 Å². The Hall–Kier alpha value is -1.92. The van der Waals surface area contributed by atoms with Gasteiger partial charge in [-0.3, -0.25) is 0 Å². The third-order valence-corrected chi connectivity index (χ3v) is 3.53. The molecule has 0 fully saturated rings. The van der Waals surface area contributed by atoms with E-state index < -0.39 is 28.9 Å². The largest absolute Gasteiger partial charge is 0.493 e. The molecule has 1 aromatic carbocycles.